The summed E-state index contributed by atoms with van der Waals surface area (Å²) in [5, 5.41) is 24.3. The van der Waals surface area contributed by atoms with Crippen LogP contribution in [0.4, 0.5) is 5.00 Å². The molecule has 1 aliphatic rings. The summed E-state index contributed by atoms with van der Waals surface area (Å²) < 4.78 is 1.95. The first kappa shape index (κ1) is 21.1. The lowest BCUT2D eigenvalue weighted by Gasteiger charge is -2.11. The molecule has 1 amide bonds. The number of fused-ring (bicyclic) bond motifs is 1. The molecule has 9 heteroatoms. The van der Waals surface area contributed by atoms with Crippen molar-refractivity contribution < 1.29 is 4.79 Å². The molecule has 3 aromatic rings. The zero-order valence-corrected chi connectivity index (χ0v) is 19.4. The third-order valence-corrected chi connectivity index (χ3v) is 8.48. The zero-order valence-electron chi connectivity index (χ0n) is 17.0. The third kappa shape index (κ3) is 4.46. The number of nitriles is 1. The number of hydrogen-bond acceptors (Lipinski definition) is 7. The van der Waals surface area contributed by atoms with Gasteiger partial charge in [-0.05, 0) is 49.6 Å². The molecule has 6 nitrogen and oxygen atoms in total. The van der Waals surface area contributed by atoms with Gasteiger partial charge >= 0.3 is 0 Å². The van der Waals surface area contributed by atoms with Crippen LogP contribution in [0.5, 0.6) is 0 Å². The average Bonchev–Trinajstić information content (AvgIpc) is 3.40. The molecule has 1 N–H and O–H groups in total. The average molecular weight is 458 g/mol. The SMILES string of the molecule is C[C@H](Sc1nnc(Cc2cccs2)n1C)C(=O)Nc1sc2c(c1C#N)CCCCC2. The fourth-order valence-electron chi connectivity index (χ4n) is 3.54. The molecule has 30 heavy (non-hydrogen) atoms. The number of carbonyl (C=O) groups is 1. The standard InChI is InChI=1S/C21H23N5OS3/c1-13(29-21-25-24-18(26(21)2)11-14-7-6-10-28-14)19(27)23-20-16(12-22)15-8-4-3-5-9-17(15)30-20/h6-7,10,13H,3-5,8-9,11H2,1-2H3,(H,23,27)/t13-/m0/s1. The molecule has 0 saturated heterocycles. The van der Waals surface area contributed by atoms with E-state index in [0.717, 1.165) is 43.5 Å². The lowest BCUT2D eigenvalue weighted by Crippen LogP contribution is -2.22. The second-order valence-corrected chi connectivity index (χ2v) is 10.8. The quantitative estimate of drug-likeness (QED) is 0.425. The number of hydrogen-bond donors (Lipinski definition) is 1. The number of aromatic nitrogens is 3. The molecular weight excluding hydrogens is 434 g/mol. The van der Waals surface area contributed by atoms with Gasteiger partial charge in [0.2, 0.25) is 5.91 Å². The van der Waals surface area contributed by atoms with E-state index in [9.17, 15) is 10.1 Å². The van der Waals surface area contributed by atoms with Gasteiger partial charge in [-0.15, -0.1) is 32.9 Å². The van der Waals surface area contributed by atoms with Crippen LogP contribution in [0.2, 0.25) is 0 Å². The lowest BCUT2D eigenvalue weighted by molar-refractivity contribution is -0.115. The number of amides is 1. The minimum atomic E-state index is -0.351. The maximum atomic E-state index is 12.8. The monoisotopic (exact) mass is 457 g/mol. The normalized spacial score (nSPS) is 14.6. The Balaban J connectivity index is 1.44. The fraction of sp³-hybridized carbons (Fsp3) is 0.429. The van der Waals surface area contributed by atoms with Crippen LogP contribution in [0.1, 0.15) is 52.9 Å². The smallest absolute Gasteiger partial charge is 0.238 e. The van der Waals surface area contributed by atoms with Gasteiger partial charge in [-0.25, -0.2) is 0 Å². The number of thioether (sulfide) groups is 1. The van der Waals surface area contributed by atoms with Crippen LogP contribution in [0, 0.1) is 11.3 Å². The van der Waals surface area contributed by atoms with Crippen molar-refractivity contribution in [1.29, 1.82) is 5.26 Å². The molecule has 0 aliphatic heterocycles. The number of rotatable bonds is 6. The van der Waals surface area contributed by atoms with Crippen molar-refractivity contribution in [2.45, 2.75) is 55.9 Å². The highest BCUT2D eigenvalue weighted by Gasteiger charge is 2.24. The van der Waals surface area contributed by atoms with Gasteiger partial charge in [0.15, 0.2) is 5.16 Å². The summed E-state index contributed by atoms with van der Waals surface area (Å²) in [6.07, 6.45) is 6.13. The number of anilines is 1. The van der Waals surface area contributed by atoms with Crippen molar-refractivity contribution in [1.82, 2.24) is 14.8 Å². The van der Waals surface area contributed by atoms with Gasteiger partial charge < -0.3 is 9.88 Å². The molecule has 0 unspecified atom stereocenters. The van der Waals surface area contributed by atoms with Crippen molar-refractivity contribution in [2.75, 3.05) is 5.32 Å². The van der Waals surface area contributed by atoms with Gasteiger partial charge in [0.25, 0.3) is 0 Å². The highest BCUT2D eigenvalue weighted by Crippen LogP contribution is 2.37. The predicted octanol–water partition coefficient (Wildman–Crippen LogP) is 4.79. The van der Waals surface area contributed by atoms with Gasteiger partial charge in [-0.2, -0.15) is 5.26 Å². The first-order valence-electron chi connectivity index (χ1n) is 9.99. The Morgan fingerprint density at radius 2 is 2.20 bits per heavy atom. The van der Waals surface area contributed by atoms with Crippen LogP contribution >= 0.6 is 34.4 Å². The minimum Gasteiger partial charge on any atom is -0.316 e. The summed E-state index contributed by atoms with van der Waals surface area (Å²) in [4.78, 5) is 15.3. The van der Waals surface area contributed by atoms with E-state index in [4.69, 9.17) is 0 Å². The van der Waals surface area contributed by atoms with Gasteiger partial charge in [0, 0.05) is 23.2 Å². The van der Waals surface area contributed by atoms with E-state index >= 15 is 0 Å². The number of nitrogens with one attached hydrogen (secondary N) is 1. The summed E-state index contributed by atoms with van der Waals surface area (Å²) >= 11 is 4.65. The molecule has 3 heterocycles. The molecule has 0 aromatic carbocycles. The summed E-state index contributed by atoms with van der Waals surface area (Å²) in [7, 11) is 1.93. The number of aryl methyl sites for hydroxylation is 1. The van der Waals surface area contributed by atoms with Crippen molar-refractivity contribution in [3.63, 3.8) is 0 Å². The highest BCUT2D eigenvalue weighted by molar-refractivity contribution is 8.00. The number of nitrogens with zero attached hydrogens (tertiary/aromatic N) is 4. The van der Waals surface area contributed by atoms with Crippen molar-refractivity contribution in [3.8, 4) is 6.07 Å². The summed E-state index contributed by atoms with van der Waals surface area (Å²) in [5.74, 6) is 0.761. The molecule has 0 fully saturated rings. The fourth-order valence-corrected chi connectivity index (χ4v) is 6.32. The largest absolute Gasteiger partial charge is 0.316 e. The molecule has 4 rings (SSSR count). The summed E-state index contributed by atoms with van der Waals surface area (Å²) in [6, 6.07) is 6.43. The minimum absolute atomic E-state index is 0.115. The van der Waals surface area contributed by atoms with Crippen LogP contribution < -0.4 is 5.32 Å². The Hall–Kier alpha value is -2.15. The van der Waals surface area contributed by atoms with Gasteiger partial charge in [0.1, 0.15) is 16.9 Å². The number of thiophene rings is 2. The first-order chi connectivity index (χ1) is 14.6. The Kier molecular flexibility index (Phi) is 6.56. The van der Waals surface area contributed by atoms with E-state index < -0.39 is 0 Å². The molecule has 3 aromatic heterocycles. The van der Waals surface area contributed by atoms with E-state index in [0.29, 0.717) is 15.7 Å². The van der Waals surface area contributed by atoms with E-state index in [2.05, 4.69) is 27.6 Å². The van der Waals surface area contributed by atoms with Gasteiger partial charge in [-0.3, -0.25) is 4.79 Å². The van der Waals surface area contributed by atoms with Crippen LogP contribution in [-0.2, 0) is 31.1 Å². The highest BCUT2D eigenvalue weighted by atomic mass is 32.2. The summed E-state index contributed by atoms with van der Waals surface area (Å²) in [5.41, 5.74) is 1.79. The maximum absolute atomic E-state index is 12.8. The van der Waals surface area contributed by atoms with E-state index in [-0.39, 0.29) is 11.2 Å². The van der Waals surface area contributed by atoms with Crippen LogP contribution in [0.25, 0.3) is 0 Å². The van der Waals surface area contributed by atoms with Gasteiger partial charge in [0.05, 0.1) is 10.8 Å². The molecule has 0 bridgehead atoms. The molecule has 1 aliphatic carbocycles. The first-order valence-corrected chi connectivity index (χ1v) is 12.6. The van der Waals surface area contributed by atoms with E-state index in [1.807, 2.05) is 30.0 Å². The van der Waals surface area contributed by atoms with Crippen LogP contribution in [0.15, 0.2) is 22.7 Å². The van der Waals surface area contributed by atoms with Crippen LogP contribution in [0.3, 0.4) is 0 Å². The maximum Gasteiger partial charge on any atom is 0.238 e. The molecule has 0 saturated carbocycles. The van der Waals surface area contributed by atoms with Crippen molar-refractivity contribution in [2.24, 2.45) is 7.05 Å². The molecular formula is C21H23N5OS3. The van der Waals surface area contributed by atoms with Crippen molar-refractivity contribution in [3.05, 3.63) is 44.2 Å². The van der Waals surface area contributed by atoms with E-state index in [1.165, 1.54) is 27.9 Å². The molecule has 0 spiro atoms. The molecule has 156 valence electrons. The van der Waals surface area contributed by atoms with Crippen LogP contribution in [-0.4, -0.2) is 25.9 Å². The second-order valence-electron chi connectivity index (χ2n) is 7.34. The Bertz CT molecular complexity index is 1080. The topological polar surface area (TPSA) is 83.6 Å². The lowest BCUT2D eigenvalue weighted by atomic mass is 10.1. The molecule has 1 atom stereocenters. The zero-order chi connectivity index (χ0) is 21.1. The predicted molar refractivity (Wildman–Crippen MR) is 122 cm³/mol. The Morgan fingerprint density at radius 3 is 2.97 bits per heavy atom. The van der Waals surface area contributed by atoms with Gasteiger partial charge in [-0.1, -0.05) is 24.2 Å². The number of carbonyl (C=O) groups excluding carboxylic acids is 1. The molecule has 0 radical (unpaired) electrons. The second kappa shape index (κ2) is 9.33. The van der Waals surface area contributed by atoms with E-state index in [1.54, 1.807) is 22.7 Å². The van der Waals surface area contributed by atoms with Crippen molar-refractivity contribution >= 4 is 45.3 Å². The summed E-state index contributed by atoms with van der Waals surface area (Å²) in [6.45, 7) is 1.86. The third-order valence-electron chi connectivity index (χ3n) is 5.26. The Morgan fingerprint density at radius 1 is 1.37 bits per heavy atom. The Labute approximate surface area is 188 Å².